The summed E-state index contributed by atoms with van der Waals surface area (Å²) in [7, 11) is 0. The molecule has 4 heteroatoms. The lowest BCUT2D eigenvalue weighted by Gasteiger charge is -2.56. The molecule has 4 bridgehead atoms. The van der Waals surface area contributed by atoms with Gasteiger partial charge in [0.2, 0.25) is 0 Å². The molecule has 0 amide bonds. The Bertz CT molecular complexity index is 339. The summed E-state index contributed by atoms with van der Waals surface area (Å²) in [5.74, 6) is 0.981. The zero-order valence-electron chi connectivity index (χ0n) is 10.6. The third-order valence-electron chi connectivity index (χ3n) is 4.87. The van der Waals surface area contributed by atoms with E-state index in [9.17, 15) is 9.59 Å². The minimum absolute atomic E-state index is 0.0154. The first-order valence-electron chi connectivity index (χ1n) is 6.92. The SMILES string of the molecule is O=C(O)CC(=O)COC12CC3CC(CC(C3)C1)C2. The van der Waals surface area contributed by atoms with Crippen molar-refractivity contribution in [2.45, 2.75) is 50.5 Å². The summed E-state index contributed by atoms with van der Waals surface area (Å²) in [6, 6.07) is 0. The first-order chi connectivity index (χ1) is 8.55. The van der Waals surface area contributed by atoms with Crippen LogP contribution in [0.2, 0.25) is 0 Å². The zero-order valence-corrected chi connectivity index (χ0v) is 10.6. The molecule has 0 aromatic carbocycles. The lowest BCUT2D eigenvalue weighted by Crippen LogP contribution is -2.52. The van der Waals surface area contributed by atoms with E-state index in [2.05, 4.69) is 0 Å². The fraction of sp³-hybridized carbons (Fsp3) is 0.857. The highest BCUT2D eigenvalue weighted by molar-refractivity contribution is 5.95. The second-order valence-electron chi connectivity index (χ2n) is 6.50. The van der Waals surface area contributed by atoms with E-state index in [1.165, 1.54) is 19.3 Å². The minimum atomic E-state index is -1.06. The summed E-state index contributed by atoms with van der Waals surface area (Å²) in [5.41, 5.74) is -0.0943. The number of ketones is 1. The molecule has 4 aliphatic carbocycles. The number of carbonyl (C=O) groups is 2. The van der Waals surface area contributed by atoms with Gasteiger partial charge < -0.3 is 9.84 Å². The second kappa shape index (κ2) is 4.34. The summed E-state index contributed by atoms with van der Waals surface area (Å²) >= 11 is 0. The normalized spacial score (nSPS) is 41.0. The van der Waals surface area contributed by atoms with Crippen molar-refractivity contribution in [3.05, 3.63) is 0 Å². The molecule has 0 spiro atoms. The molecule has 4 rings (SSSR count). The molecule has 100 valence electrons. The fourth-order valence-corrected chi connectivity index (χ4v) is 4.66. The monoisotopic (exact) mass is 252 g/mol. The predicted octanol–water partition coefficient (Wildman–Crippen LogP) is 2.02. The van der Waals surface area contributed by atoms with Gasteiger partial charge in [0.15, 0.2) is 5.78 Å². The van der Waals surface area contributed by atoms with E-state index < -0.39 is 12.4 Å². The zero-order chi connectivity index (χ0) is 12.8. The number of rotatable bonds is 5. The lowest BCUT2D eigenvalue weighted by atomic mass is 9.54. The summed E-state index contributed by atoms with van der Waals surface area (Å²) in [5, 5.41) is 8.57. The molecule has 4 nitrogen and oxygen atoms in total. The van der Waals surface area contributed by atoms with Gasteiger partial charge in [-0.25, -0.2) is 0 Å². The Labute approximate surface area is 107 Å². The Kier molecular flexibility index (Phi) is 2.93. The van der Waals surface area contributed by atoms with Gasteiger partial charge in [-0.3, -0.25) is 9.59 Å². The number of carboxylic acids is 1. The maximum absolute atomic E-state index is 11.4. The van der Waals surface area contributed by atoms with E-state index in [4.69, 9.17) is 9.84 Å². The van der Waals surface area contributed by atoms with Gasteiger partial charge in [-0.1, -0.05) is 0 Å². The molecule has 18 heavy (non-hydrogen) atoms. The predicted molar refractivity (Wildman–Crippen MR) is 64.1 cm³/mol. The molecule has 0 aliphatic heterocycles. The second-order valence-corrected chi connectivity index (χ2v) is 6.50. The molecule has 0 aromatic heterocycles. The van der Waals surface area contributed by atoms with Gasteiger partial charge in [0.05, 0.1) is 5.60 Å². The van der Waals surface area contributed by atoms with Crippen LogP contribution >= 0.6 is 0 Å². The highest BCUT2D eigenvalue weighted by Crippen LogP contribution is 2.57. The first kappa shape index (κ1) is 12.2. The van der Waals surface area contributed by atoms with Crippen LogP contribution in [0.25, 0.3) is 0 Å². The van der Waals surface area contributed by atoms with Gasteiger partial charge >= 0.3 is 5.97 Å². The van der Waals surface area contributed by atoms with Crippen molar-refractivity contribution in [3.8, 4) is 0 Å². The van der Waals surface area contributed by atoms with Crippen molar-refractivity contribution in [2.24, 2.45) is 17.8 Å². The van der Waals surface area contributed by atoms with Crippen LogP contribution in [0, 0.1) is 17.8 Å². The third kappa shape index (κ3) is 2.30. The van der Waals surface area contributed by atoms with Crippen LogP contribution in [0.15, 0.2) is 0 Å². The minimum Gasteiger partial charge on any atom is -0.481 e. The van der Waals surface area contributed by atoms with Gasteiger partial charge in [0.25, 0.3) is 0 Å². The van der Waals surface area contributed by atoms with Crippen molar-refractivity contribution in [3.63, 3.8) is 0 Å². The Hall–Kier alpha value is -0.900. The van der Waals surface area contributed by atoms with Crippen LogP contribution in [0.5, 0.6) is 0 Å². The number of hydrogen-bond acceptors (Lipinski definition) is 3. The summed E-state index contributed by atoms with van der Waals surface area (Å²) in [4.78, 5) is 21.9. The van der Waals surface area contributed by atoms with Gasteiger partial charge in [0, 0.05) is 0 Å². The smallest absolute Gasteiger partial charge is 0.310 e. The van der Waals surface area contributed by atoms with E-state index in [0.717, 1.165) is 37.0 Å². The van der Waals surface area contributed by atoms with Gasteiger partial charge in [-0.15, -0.1) is 0 Å². The summed E-state index contributed by atoms with van der Waals surface area (Å²) < 4.78 is 5.89. The lowest BCUT2D eigenvalue weighted by molar-refractivity contribution is -0.170. The maximum atomic E-state index is 11.4. The number of carboxylic acid groups (broad SMARTS) is 1. The average Bonchev–Trinajstić information content (AvgIpc) is 2.23. The molecule has 4 aliphatic rings. The molecule has 0 radical (unpaired) electrons. The molecule has 0 unspecified atom stereocenters. The van der Waals surface area contributed by atoms with Crippen molar-refractivity contribution in [1.29, 1.82) is 0 Å². The van der Waals surface area contributed by atoms with Gasteiger partial charge in [-0.2, -0.15) is 0 Å². The number of hydrogen-bond donors (Lipinski definition) is 1. The van der Waals surface area contributed by atoms with Crippen LogP contribution in [0.3, 0.4) is 0 Å². The molecular formula is C14H20O4. The molecule has 0 heterocycles. The Morgan fingerprint density at radius 2 is 1.56 bits per heavy atom. The third-order valence-corrected chi connectivity index (χ3v) is 4.87. The Morgan fingerprint density at radius 1 is 1.06 bits per heavy atom. The molecule has 4 fully saturated rings. The highest BCUT2D eigenvalue weighted by Gasteiger charge is 2.51. The van der Waals surface area contributed by atoms with E-state index in [-0.39, 0.29) is 18.0 Å². The van der Waals surface area contributed by atoms with Crippen LogP contribution in [0.1, 0.15) is 44.9 Å². The first-order valence-corrected chi connectivity index (χ1v) is 6.92. The summed E-state index contributed by atoms with van der Waals surface area (Å²) in [6.45, 7) is -0.0154. The quantitative estimate of drug-likeness (QED) is 0.760. The standard InChI is InChI=1S/C14H20O4/c15-12(4-13(16)17)8-18-14-5-9-1-10(6-14)3-11(2-9)7-14/h9-11H,1-8H2,(H,16,17). The van der Waals surface area contributed by atoms with Crippen molar-refractivity contribution >= 4 is 11.8 Å². The van der Waals surface area contributed by atoms with Crippen molar-refractivity contribution < 1.29 is 19.4 Å². The molecule has 1 N–H and O–H groups in total. The number of carbonyl (C=O) groups excluding carboxylic acids is 1. The largest absolute Gasteiger partial charge is 0.481 e. The Morgan fingerprint density at radius 3 is 2.00 bits per heavy atom. The Balaban J connectivity index is 1.59. The molecular weight excluding hydrogens is 232 g/mol. The van der Waals surface area contributed by atoms with E-state index in [0.29, 0.717) is 0 Å². The van der Waals surface area contributed by atoms with E-state index in [1.807, 2.05) is 0 Å². The summed E-state index contributed by atoms with van der Waals surface area (Å²) in [6.07, 6.45) is 6.85. The maximum Gasteiger partial charge on any atom is 0.310 e. The van der Waals surface area contributed by atoms with Crippen LogP contribution in [0.4, 0.5) is 0 Å². The molecule has 0 aromatic rings. The van der Waals surface area contributed by atoms with Crippen LogP contribution < -0.4 is 0 Å². The van der Waals surface area contributed by atoms with Crippen LogP contribution in [-0.4, -0.2) is 29.1 Å². The van der Waals surface area contributed by atoms with E-state index >= 15 is 0 Å². The van der Waals surface area contributed by atoms with E-state index in [1.54, 1.807) is 0 Å². The number of aliphatic carboxylic acids is 1. The average molecular weight is 252 g/mol. The highest BCUT2D eigenvalue weighted by atomic mass is 16.5. The van der Waals surface area contributed by atoms with Crippen molar-refractivity contribution in [1.82, 2.24) is 0 Å². The molecule has 0 saturated heterocycles. The molecule has 0 atom stereocenters. The van der Waals surface area contributed by atoms with Gasteiger partial charge in [-0.05, 0) is 56.3 Å². The van der Waals surface area contributed by atoms with Gasteiger partial charge in [0.1, 0.15) is 13.0 Å². The van der Waals surface area contributed by atoms with Crippen LogP contribution in [-0.2, 0) is 14.3 Å². The number of Topliss-reactive ketones (excluding diaryl/α,β-unsaturated/α-hetero) is 1. The number of ether oxygens (including phenoxy) is 1. The van der Waals surface area contributed by atoms with Crippen molar-refractivity contribution in [2.75, 3.05) is 6.61 Å². The topological polar surface area (TPSA) is 63.6 Å². The molecule has 4 saturated carbocycles. The fourth-order valence-electron chi connectivity index (χ4n) is 4.66.